The summed E-state index contributed by atoms with van der Waals surface area (Å²) in [5, 5.41) is 3.19. The Labute approximate surface area is 113 Å². The van der Waals surface area contributed by atoms with Gasteiger partial charge < -0.3 is 5.32 Å². The Hall–Kier alpha value is -0.870. The summed E-state index contributed by atoms with van der Waals surface area (Å²) in [6.07, 6.45) is 0. The summed E-state index contributed by atoms with van der Waals surface area (Å²) in [5.41, 5.74) is 0.526. The largest absolute Gasteiger partial charge is 0.375 e. The van der Waals surface area contributed by atoms with Crippen LogP contribution in [0.3, 0.4) is 0 Å². The minimum absolute atomic E-state index is 0.109. The summed E-state index contributed by atoms with van der Waals surface area (Å²) in [4.78, 5) is 2.48. The lowest BCUT2D eigenvalue weighted by atomic mass is 10.2. The van der Waals surface area contributed by atoms with Crippen LogP contribution in [0.15, 0.2) is 34.8 Å². The van der Waals surface area contributed by atoms with Gasteiger partial charge in [-0.3, -0.25) is 0 Å². The van der Waals surface area contributed by atoms with E-state index >= 15 is 0 Å². The molecule has 90 valence electrons. The van der Waals surface area contributed by atoms with Crippen LogP contribution in [0, 0.1) is 12.7 Å². The van der Waals surface area contributed by atoms with E-state index in [9.17, 15) is 4.39 Å². The maximum absolute atomic E-state index is 13.6. The smallest absolute Gasteiger partial charge is 0.146 e. The van der Waals surface area contributed by atoms with E-state index in [4.69, 9.17) is 0 Å². The summed E-state index contributed by atoms with van der Waals surface area (Å²) >= 11 is 5.07. The number of aryl methyl sites for hydroxylation is 1. The number of hydrogen-bond acceptors (Lipinski definition) is 2. The van der Waals surface area contributed by atoms with Gasteiger partial charge in [0.2, 0.25) is 0 Å². The molecule has 2 aromatic rings. The summed E-state index contributed by atoms with van der Waals surface area (Å²) < 4.78 is 14.4. The minimum atomic E-state index is -0.228. The average Bonchev–Trinajstić information content (AvgIpc) is 2.70. The Morgan fingerprint density at radius 2 is 2.06 bits per heavy atom. The SMILES string of the molecule is Cc1ccc(C(C)Nc2cc(Br)ccc2F)s1. The second-order valence-corrected chi connectivity index (χ2v) is 6.17. The van der Waals surface area contributed by atoms with Crippen LogP contribution < -0.4 is 5.32 Å². The maximum atomic E-state index is 13.6. The van der Waals surface area contributed by atoms with Crippen LogP contribution in [-0.4, -0.2) is 0 Å². The molecule has 0 aliphatic rings. The Balaban J connectivity index is 2.18. The number of nitrogens with one attached hydrogen (secondary N) is 1. The number of rotatable bonds is 3. The number of halogens is 2. The molecule has 1 aromatic carbocycles. The van der Waals surface area contributed by atoms with Crippen molar-refractivity contribution in [2.45, 2.75) is 19.9 Å². The fourth-order valence-corrected chi connectivity index (χ4v) is 2.84. The van der Waals surface area contributed by atoms with E-state index < -0.39 is 0 Å². The molecule has 1 heterocycles. The minimum Gasteiger partial charge on any atom is -0.375 e. The number of benzene rings is 1. The molecule has 1 N–H and O–H groups in total. The van der Waals surface area contributed by atoms with Gasteiger partial charge in [-0.15, -0.1) is 11.3 Å². The highest BCUT2D eigenvalue weighted by molar-refractivity contribution is 9.10. The highest BCUT2D eigenvalue weighted by Crippen LogP contribution is 2.28. The van der Waals surface area contributed by atoms with E-state index in [0.29, 0.717) is 5.69 Å². The van der Waals surface area contributed by atoms with E-state index in [-0.39, 0.29) is 11.9 Å². The van der Waals surface area contributed by atoms with Crippen molar-refractivity contribution in [3.8, 4) is 0 Å². The first kappa shape index (κ1) is 12.6. The van der Waals surface area contributed by atoms with Crippen molar-refractivity contribution in [1.29, 1.82) is 0 Å². The third-order valence-electron chi connectivity index (χ3n) is 2.49. The molecule has 4 heteroatoms. The van der Waals surface area contributed by atoms with Crippen molar-refractivity contribution in [2.24, 2.45) is 0 Å². The molecule has 1 atom stereocenters. The summed E-state index contributed by atoms with van der Waals surface area (Å²) in [6, 6.07) is 9.17. The third kappa shape index (κ3) is 3.07. The fourth-order valence-electron chi connectivity index (χ4n) is 1.60. The molecular weight excluding hydrogens is 301 g/mol. The Morgan fingerprint density at radius 1 is 1.29 bits per heavy atom. The molecule has 0 saturated heterocycles. The molecule has 0 spiro atoms. The monoisotopic (exact) mass is 313 g/mol. The lowest BCUT2D eigenvalue weighted by Crippen LogP contribution is -2.06. The molecule has 1 aromatic heterocycles. The highest BCUT2D eigenvalue weighted by atomic mass is 79.9. The van der Waals surface area contributed by atoms with E-state index in [2.05, 4.69) is 40.3 Å². The summed E-state index contributed by atoms with van der Waals surface area (Å²) in [5.74, 6) is -0.228. The van der Waals surface area contributed by atoms with Crippen LogP contribution in [0.2, 0.25) is 0 Å². The predicted molar refractivity (Wildman–Crippen MR) is 75.2 cm³/mol. The zero-order chi connectivity index (χ0) is 12.4. The zero-order valence-corrected chi connectivity index (χ0v) is 12.0. The van der Waals surface area contributed by atoms with Crippen LogP contribution in [-0.2, 0) is 0 Å². The quantitative estimate of drug-likeness (QED) is 0.828. The molecule has 0 fully saturated rings. The number of hydrogen-bond donors (Lipinski definition) is 1. The molecule has 1 nitrogen and oxygen atoms in total. The van der Waals surface area contributed by atoms with E-state index in [1.54, 1.807) is 23.5 Å². The molecule has 0 amide bonds. The van der Waals surface area contributed by atoms with Crippen molar-refractivity contribution in [3.63, 3.8) is 0 Å². The lowest BCUT2D eigenvalue weighted by molar-refractivity contribution is 0.627. The molecular formula is C13H13BrFNS. The maximum Gasteiger partial charge on any atom is 0.146 e. The second kappa shape index (κ2) is 5.19. The lowest BCUT2D eigenvalue weighted by Gasteiger charge is -2.14. The summed E-state index contributed by atoms with van der Waals surface area (Å²) in [7, 11) is 0. The molecule has 1 unspecified atom stereocenters. The van der Waals surface area contributed by atoms with Gasteiger partial charge in [-0.1, -0.05) is 15.9 Å². The van der Waals surface area contributed by atoms with Crippen molar-refractivity contribution in [3.05, 3.63) is 50.4 Å². The van der Waals surface area contributed by atoms with Gasteiger partial charge in [-0.25, -0.2) is 4.39 Å². The topological polar surface area (TPSA) is 12.0 Å². The van der Waals surface area contributed by atoms with Crippen LogP contribution >= 0.6 is 27.3 Å². The molecule has 0 aliphatic heterocycles. The van der Waals surface area contributed by atoms with Gasteiger partial charge in [0.1, 0.15) is 5.82 Å². The average molecular weight is 314 g/mol. The van der Waals surface area contributed by atoms with Gasteiger partial charge in [0.25, 0.3) is 0 Å². The third-order valence-corrected chi connectivity index (χ3v) is 4.16. The van der Waals surface area contributed by atoms with Crippen LogP contribution in [0.5, 0.6) is 0 Å². The number of thiophene rings is 1. The van der Waals surface area contributed by atoms with Crippen LogP contribution in [0.1, 0.15) is 22.7 Å². The number of anilines is 1. The molecule has 2 rings (SSSR count). The van der Waals surface area contributed by atoms with Crippen LogP contribution in [0.25, 0.3) is 0 Å². The Kier molecular flexibility index (Phi) is 3.84. The first-order valence-corrected chi connectivity index (χ1v) is 6.95. The fraction of sp³-hybridized carbons (Fsp3) is 0.231. The van der Waals surface area contributed by atoms with Crippen molar-refractivity contribution in [2.75, 3.05) is 5.32 Å². The molecule has 17 heavy (non-hydrogen) atoms. The normalized spacial score (nSPS) is 12.5. The molecule has 0 bridgehead atoms. The molecule has 0 radical (unpaired) electrons. The zero-order valence-electron chi connectivity index (χ0n) is 9.63. The van der Waals surface area contributed by atoms with Gasteiger partial charge in [-0.2, -0.15) is 0 Å². The van der Waals surface area contributed by atoms with Gasteiger partial charge >= 0.3 is 0 Å². The second-order valence-electron chi connectivity index (χ2n) is 3.94. The predicted octanol–water partition coefficient (Wildman–Crippen LogP) is 5.13. The van der Waals surface area contributed by atoms with Gasteiger partial charge in [0.05, 0.1) is 11.7 Å². The van der Waals surface area contributed by atoms with E-state index in [0.717, 1.165) is 4.47 Å². The molecule has 0 saturated carbocycles. The van der Waals surface area contributed by atoms with Crippen molar-refractivity contribution in [1.82, 2.24) is 0 Å². The highest BCUT2D eigenvalue weighted by Gasteiger charge is 2.10. The Morgan fingerprint density at radius 3 is 2.71 bits per heavy atom. The van der Waals surface area contributed by atoms with E-state index in [1.807, 2.05) is 6.92 Å². The standard InChI is InChI=1S/C13H13BrFNS/c1-8-3-6-13(17-8)9(2)16-12-7-10(14)4-5-11(12)15/h3-7,9,16H,1-2H3. The van der Waals surface area contributed by atoms with Crippen molar-refractivity contribution >= 4 is 33.0 Å². The van der Waals surface area contributed by atoms with E-state index in [1.165, 1.54) is 15.8 Å². The van der Waals surface area contributed by atoms with Gasteiger partial charge in [0, 0.05) is 14.2 Å². The first-order chi connectivity index (χ1) is 8.06. The Bertz CT molecular complexity index is 524. The summed E-state index contributed by atoms with van der Waals surface area (Å²) in [6.45, 7) is 4.10. The first-order valence-electron chi connectivity index (χ1n) is 5.34. The van der Waals surface area contributed by atoms with Crippen molar-refractivity contribution < 1.29 is 4.39 Å². The van der Waals surface area contributed by atoms with Crippen LogP contribution in [0.4, 0.5) is 10.1 Å². The molecule has 0 aliphatic carbocycles. The van der Waals surface area contributed by atoms with Gasteiger partial charge in [0.15, 0.2) is 0 Å². The van der Waals surface area contributed by atoms with Gasteiger partial charge in [-0.05, 0) is 44.2 Å².